The Morgan fingerprint density at radius 1 is 1.00 bits per heavy atom. The Labute approximate surface area is 86.8 Å². The highest BCUT2D eigenvalue weighted by molar-refractivity contribution is 5.28. The molecule has 2 rings (SSSR count). The third kappa shape index (κ3) is 2.76. The molecule has 0 radical (unpaired) electrons. The highest BCUT2D eigenvalue weighted by atomic mass is 16.3. The molecule has 78 valence electrons. The van der Waals surface area contributed by atoms with E-state index in [1.165, 1.54) is 31.2 Å². The topological polar surface area (TPSA) is 20.2 Å². The van der Waals surface area contributed by atoms with E-state index >= 15 is 0 Å². The van der Waals surface area contributed by atoms with Gasteiger partial charge in [0.2, 0.25) is 0 Å². The fourth-order valence-corrected chi connectivity index (χ4v) is 2.01. The van der Waals surface area contributed by atoms with E-state index in [1.54, 1.807) is 12.1 Å². The van der Waals surface area contributed by atoms with Gasteiger partial charge in [0.05, 0.1) is 0 Å². The van der Waals surface area contributed by atoms with Gasteiger partial charge in [-0.15, -0.1) is 0 Å². The van der Waals surface area contributed by atoms with Crippen LogP contribution in [-0.4, -0.2) is 5.11 Å². The molecule has 1 heteroatoms. The molecular weight excluding hydrogens is 172 g/mol. The van der Waals surface area contributed by atoms with Crippen molar-refractivity contribution in [1.29, 1.82) is 0 Å². The predicted octanol–water partition coefficient (Wildman–Crippen LogP) is 4.08. The third-order valence-corrected chi connectivity index (χ3v) is 2.72. The van der Waals surface area contributed by atoms with Gasteiger partial charge in [-0.3, -0.25) is 0 Å². The average Bonchev–Trinajstić information content (AvgIpc) is 2.75. The van der Waals surface area contributed by atoms with Crippen LogP contribution in [0.1, 0.15) is 51.0 Å². The zero-order valence-electron chi connectivity index (χ0n) is 9.16. The molecule has 1 aromatic carbocycles. The van der Waals surface area contributed by atoms with Gasteiger partial charge in [0.25, 0.3) is 0 Å². The van der Waals surface area contributed by atoms with E-state index < -0.39 is 0 Å². The van der Waals surface area contributed by atoms with E-state index in [-0.39, 0.29) is 0 Å². The Morgan fingerprint density at radius 3 is 2.00 bits per heavy atom. The molecule has 1 saturated carbocycles. The lowest BCUT2D eigenvalue weighted by Gasteiger charge is -2.08. The summed E-state index contributed by atoms with van der Waals surface area (Å²) in [6.07, 6.45) is 5.38. The lowest BCUT2D eigenvalue weighted by atomic mass is 9.98. The van der Waals surface area contributed by atoms with E-state index in [2.05, 4.69) is 0 Å². The maximum absolute atomic E-state index is 9.10. The minimum absolute atomic E-state index is 0.372. The number of phenolic OH excluding ortho intramolecular Hbond substituents is 1. The minimum atomic E-state index is 0.372. The van der Waals surface area contributed by atoms with E-state index in [1.807, 2.05) is 26.0 Å². The highest BCUT2D eigenvalue weighted by Gasteiger charge is 2.16. The van der Waals surface area contributed by atoms with Crippen molar-refractivity contribution in [2.75, 3.05) is 0 Å². The lowest BCUT2D eigenvalue weighted by molar-refractivity contribution is 0.475. The fourth-order valence-electron chi connectivity index (χ4n) is 2.01. The average molecular weight is 192 g/mol. The van der Waals surface area contributed by atoms with Gasteiger partial charge < -0.3 is 5.11 Å². The molecule has 0 amide bonds. The molecule has 1 aliphatic rings. The number of phenols is 1. The van der Waals surface area contributed by atoms with E-state index in [9.17, 15) is 0 Å². The molecule has 0 spiro atoms. The maximum Gasteiger partial charge on any atom is 0.115 e. The number of rotatable bonds is 1. The van der Waals surface area contributed by atoms with Crippen LogP contribution in [0.2, 0.25) is 0 Å². The summed E-state index contributed by atoms with van der Waals surface area (Å²) in [4.78, 5) is 0. The van der Waals surface area contributed by atoms with Gasteiger partial charge in [-0.25, -0.2) is 0 Å². The Morgan fingerprint density at radius 2 is 1.50 bits per heavy atom. The van der Waals surface area contributed by atoms with Crippen molar-refractivity contribution in [1.82, 2.24) is 0 Å². The van der Waals surface area contributed by atoms with Crippen LogP contribution >= 0.6 is 0 Å². The Hall–Kier alpha value is -0.980. The summed E-state index contributed by atoms with van der Waals surface area (Å²) < 4.78 is 0. The molecule has 0 bridgehead atoms. The van der Waals surface area contributed by atoms with Crippen molar-refractivity contribution in [3.63, 3.8) is 0 Å². The van der Waals surface area contributed by atoms with Crippen LogP contribution < -0.4 is 0 Å². The molecule has 0 saturated heterocycles. The quantitative estimate of drug-likeness (QED) is 0.711. The molecule has 0 atom stereocenters. The van der Waals surface area contributed by atoms with Crippen molar-refractivity contribution in [2.24, 2.45) is 0 Å². The first-order chi connectivity index (χ1) is 6.86. The third-order valence-electron chi connectivity index (χ3n) is 2.72. The molecule has 0 heterocycles. The van der Waals surface area contributed by atoms with Gasteiger partial charge in [0, 0.05) is 0 Å². The molecule has 14 heavy (non-hydrogen) atoms. The second-order valence-corrected chi connectivity index (χ2v) is 3.57. The van der Waals surface area contributed by atoms with E-state index in [0.29, 0.717) is 5.75 Å². The van der Waals surface area contributed by atoms with Crippen molar-refractivity contribution < 1.29 is 5.11 Å². The van der Waals surface area contributed by atoms with Crippen LogP contribution in [0.4, 0.5) is 0 Å². The summed E-state index contributed by atoms with van der Waals surface area (Å²) in [6, 6.07) is 7.66. The zero-order valence-corrected chi connectivity index (χ0v) is 9.16. The van der Waals surface area contributed by atoms with Crippen LogP contribution in [-0.2, 0) is 0 Å². The van der Waals surface area contributed by atoms with Gasteiger partial charge in [0.1, 0.15) is 5.75 Å². The molecular formula is C13H20O. The summed E-state index contributed by atoms with van der Waals surface area (Å²) in [7, 11) is 0. The standard InChI is InChI=1S/C11H14O.C2H6/c12-11-7-5-10(6-8-11)9-3-1-2-4-9;1-2/h5-9,12H,1-4H2;1-2H3. The van der Waals surface area contributed by atoms with Crippen LogP contribution in [0.5, 0.6) is 5.75 Å². The SMILES string of the molecule is CC.Oc1ccc(C2CCCC2)cc1. The number of hydrogen-bond donors (Lipinski definition) is 1. The molecule has 0 unspecified atom stereocenters. The lowest BCUT2D eigenvalue weighted by Crippen LogP contribution is -1.90. The number of benzene rings is 1. The smallest absolute Gasteiger partial charge is 0.115 e. The normalized spacial score (nSPS) is 16.1. The predicted molar refractivity (Wildman–Crippen MR) is 60.7 cm³/mol. The summed E-state index contributed by atoms with van der Waals surface area (Å²) in [5.41, 5.74) is 1.39. The van der Waals surface area contributed by atoms with Crippen LogP contribution in [0.3, 0.4) is 0 Å². The fraction of sp³-hybridized carbons (Fsp3) is 0.538. The van der Waals surface area contributed by atoms with Gasteiger partial charge in [-0.05, 0) is 36.5 Å². The van der Waals surface area contributed by atoms with Crippen molar-refractivity contribution in [3.8, 4) is 5.75 Å². The van der Waals surface area contributed by atoms with E-state index in [0.717, 1.165) is 5.92 Å². The van der Waals surface area contributed by atoms with Gasteiger partial charge in [-0.2, -0.15) is 0 Å². The molecule has 1 fully saturated rings. The first-order valence-corrected chi connectivity index (χ1v) is 5.65. The number of aromatic hydroxyl groups is 1. The van der Waals surface area contributed by atoms with Crippen LogP contribution in [0.15, 0.2) is 24.3 Å². The Bertz CT molecular complexity index is 244. The molecule has 1 aliphatic carbocycles. The van der Waals surface area contributed by atoms with E-state index in [4.69, 9.17) is 5.11 Å². The summed E-state index contributed by atoms with van der Waals surface area (Å²) in [5.74, 6) is 1.13. The zero-order chi connectivity index (χ0) is 10.4. The first kappa shape index (κ1) is 11.1. The second-order valence-electron chi connectivity index (χ2n) is 3.57. The van der Waals surface area contributed by atoms with Crippen molar-refractivity contribution >= 4 is 0 Å². The van der Waals surface area contributed by atoms with Gasteiger partial charge >= 0.3 is 0 Å². The molecule has 1 nitrogen and oxygen atoms in total. The monoisotopic (exact) mass is 192 g/mol. The Balaban J connectivity index is 0.000000461. The maximum atomic E-state index is 9.10. The van der Waals surface area contributed by atoms with Crippen LogP contribution in [0.25, 0.3) is 0 Å². The molecule has 1 aromatic rings. The van der Waals surface area contributed by atoms with Gasteiger partial charge in [-0.1, -0.05) is 38.8 Å². The van der Waals surface area contributed by atoms with Gasteiger partial charge in [0.15, 0.2) is 0 Å². The minimum Gasteiger partial charge on any atom is -0.508 e. The summed E-state index contributed by atoms with van der Waals surface area (Å²) in [6.45, 7) is 4.00. The van der Waals surface area contributed by atoms with Crippen molar-refractivity contribution in [2.45, 2.75) is 45.4 Å². The molecule has 1 N–H and O–H groups in total. The summed E-state index contributed by atoms with van der Waals surface area (Å²) in [5, 5.41) is 9.10. The van der Waals surface area contributed by atoms with Crippen LogP contribution in [0, 0.1) is 0 Å². The summed E-state index contributed by atoms with van der Waals surface area (Å²) >= 11 is 0. The highest BCUT2D eigenvalue weighted by Crippen LogP contribution is 2.34. The second kappa shape index (κ2) is 5.69. The Kier molecular flexibility index (Phi) is 4.51. The molecule has 0 aromatic heterocycles. The largest absolute Gasteiger partial charge is 0.508 e. The molecule has 0 aliphatic heterocycles. The number of hydrogen-bond acceptors (Lipinski definition) is 1. The van der Waals surface area contributed by atoms with Crippen molar-refractivity contribution in [3.05, 3.63) is 29.8 Å². The first-order valence-electron chi connectivity index (χ1n) is 5.65.